The maximum Gasteiger partial charge on any atom is 0.00559 e. The van der Waals surface area contributed by atoms with E-state index in [1.165, 1.54) is 25.7 Å². The molecular weight excluding hydrogens is 192 g/mol. The van der Waals surface area contributed by atoms with Crippen LogP contribution in [-0.4, -0.2) is 0 Å². The first kappa shape index (κ1) is 9.04. The zero-order valence-corrected chi connectivity index (χ0v) is 9.87. The van der Waals surface area contributed by atoms with Gasteiger partial charge in [-0.05, 0) is 49.5 Å². The van der Waals surface area contributed by atoms with Crippen molar-refractivity contribution in [1.29, 1.82) is 0 Å². The Morgan fingerprint density at radius 2 is 2.31 bits per heavy atom. The summed E-state index contributed by atoms with van der Waals surface area (Å²) in [4.78, 5) is 0. The Kier molecular flexibility index (Phi) is 1.48. The van der Waals surface area contributed by atoms with Gasteiger partial charge in [-0.1, -0.05) is 42.0 Å². The van der Waals surface area contributed by atoms with Crippen molar-refractivity contribution in [2.45, 2.75) is 32.6 Å². The summed E-state index contributed by atoms with van der Waals surface area (Å²) in [6.45, 7) is 2.32. The molecule has 0 nitrogen and oxygen atoms in total. The number of rotatable bonds is 0. The zero-order valence-electron chi connectivity index (χ0n) is 9.87. The van der Waals surface area contributed by atoms with Crippen molar-refractivity contribution in [3.63, 3.8) is 0 Å². The molecule has 4 rings (SSSR count). The molecule has 0 bridgehead atoms. The predicted octanol–water partition coefficient (Wildman–Crippen LogP) is 4.18. The average molecular weight is 210 g/mol. The van der Waals surface area contributed by atoms with E-state index in [-0.39, 0.29) is 0 Å². The van der Waals surface area contributed by atoms with E-state index in [2.05, 4.69) is 43.4 Å². The van der Waals surface area contributed by atoms with Crippen molar-refractivity contribution in [1.82, 2.24) is 0 Å². The molecule has 1 fully saturated rings. The van der Waals surface area contributed by atoms with Gasteiger partial charge in [-0.2, -0.15) is 0 Å². The van der Waals surface area contributed by atoms with Gasteiger partial charge in [0.1, 0.15) is 0 Å². The molecule has 82 valence electrons. The topological polar surface area (TPSA) is 0 Å². The zero-order chi connectivity index (χ0) is 10.8. The summed E-state index contributed by atoms with van der Waals surface area (Å²) in [6, 6.07) is 0. The normalized spacial score (nSPS) is 47.4. The maximum absolute atomic E-state index is 2.62. The third-order valence-corrected chi connectivity index (χ3v) is 5.29. The van der Waals surface area contributed by atoms with Crippen LogP contribution < -0.4 is 0 Å². The van der Waals surface area contributed by atoms with Gasteiger partial charge in [0.25, 0.3) is 0 Å². The third kappa shape index (κ3) is 0.878. The van der Waals surface area contributed by atoms with Gasteiger partial charge in [0, 0.05) is 5.41 Å². The van der Waals surface area contributed by atoms with Gasteiger partial charge in [-0.3, -0.25) is 0 Å². The Balaban J connectivity index is 1.88. The summed E-state index contributed by atoms with van der Waals surface area (Å²) in [7, 11) is 0. The molecule has 16 heavy (non-hydrogen) atoms. The van der Waals surface area contributed by atoms with Gasteiger partial charge in [-0.25, -0.2) is 0 Å². The molecule has 0 spiro atoms. The van der Waals surface area contributed by atoms with Crippen LogP contribution in [-0.2, 0) is 0 Å². The highest BCUT2D eigenvalue weighted by Gasteiger charge is 2.69. The molecule has 0 radical (unpaired) electrons. The summed E-state index contributed by atoms with van der Waals surface area (Å²) in [5.41, 5.74) is 4.26. The molecule has 3 unspecified atom stereocenters. The quantitative estimate of drug-likeness (QED) is 0.526. The molecule has 0 saturated heterocycles. The van der Waals surface area contributed by atoms with Crippen LogP contribution in [0.2, 0.25) is 0 Å². The summed E-state index contributed by atoms with van der Waals surface area (Å²) in [5, 5.41) is 0. The molecule has 0 amide bonds. The molecule has 0 aromatic carbocycles. The number of fused-ring (bicyclic) bond motifs is 1. The lowest BCUT2D eigenvalue weighted by Crippen LogP contribution is -2.28. The molecule has 4 aliphatic rings. The molecule has 0 aromatic rings. The smallest absolute Gasteiger partial charge is 0.00559 e. The van der Waals surface area contributed by atoms with Crippen molar-refractivity contribution in [2.75, 3.05) is 0 Å². The molecule has 0 heterocycles. The van der Waals surface area contributed by atoms with Gasteiger partial charge in [-0.15, -0.1) is 0 Å². The first-order valence-electron chi connectivity index (χ1n) is 6.50. The Bertz CT molecular complexity index is 474. The molecule has 1 saturated carbocycles. The summed E-state index contributed by atoms with van der Waals surface area (Å²) < 4.78 is 0. The van der Waals surface area contributed by atoms with Crippen LogP contribution in [0.5, 0.6) is 0 Å². The van der Waals surface area contributed by atoms with E-state index in [4.69, 9.17) is 0 Å². The van der Waals surface area contributed by atoms with Crippen molar-refractivity contribution in [3.8, 4) is 0 Å². The van der Waals surface area contributed by atoms with E-state index in [0.717, 1.165) is 5.92 Å². The van der Waals surface area contributed by atoms with E-state index in [0.29, 0.717) is 10.8 Å². The lowest BCUT2D eigenvalue weighted by Gasteiger charge is -2.38. The second-order valence-corrected chi connectivity index (χ2v) is 6.08. The Hall–Kier alpha value is -1.04. The molecule has 4 aliphatic carbocycles. The first-order chi connectivity index (χ1) is 7.76. The minimum atomic E-state index is 0.515. The fourth-order valence-corrected chi connectivity index (χ4v) is 4.38. The van der Waals surface area contributed by atoms with E-state index < -0.39 is 0 Å². The van der Waals surface area contributed by atoms with Crippen molar-refractivity contribution in [2.24, 2.45) is 16.7 Å². The van der Waals surface area contributed by atoms with Crippen LogP contribution in [0.1, 0.15) is 32.6 Å². The number of hydrogen-bond acceptors (Lipinski definition) is 0. The van der Waals surface area contributed by atoms with Crippen LogP contribution in [0.15, 0.2) is 47.6 Å². The van der Waals surface area contributed by atoms with Gasteiger partial charge < -0.3 is 0 Å². The third-order valence-electron chi connectivity index (χ3n) is 5.29. The van der Waals surface area contributed by atoms with E-state index in [1.807, 2.05) is 0 Å². The standard InChI is InChI=1S/C16H18/c1-12-6-8-15-9-7-13-4-2-3-5-14(13)16(15,10-12)11-15/h2-4,7,9-10,14H,5-6,8,11H2,1H3. The minimum Gasteiger partial charge on any atom is -0.0839 e. The molecule has 3 atom stereocenters. The highest BCUT2D eigenvalue weighted by atomic mass is 14.7. The number of hydrogen-bond donors (Lipinski definition) is 0. The Morgan fingerprint density at radius 1 is 1.38 bits per heavy atom. The van der Waals surface area contributed by atoms with Gasteiger partial charge >= 0.3 is 0 Å². The first-order valence-corrected chi connectivity index (χ1v) is 6.50. The van der Waals surface area contributed by atoms with Gasteiger partial charge in [0.2, 0.25) is 0 Å². The van der Waals surface area contributed by atoms with Crippen molar-refractivity contribution < 1.29 is 0 Å². The molecule has 0 aliphatic heterocycles. The Morgan fingerprint density at radius 3 is 3.25 bits per heavy atom. The van der Waals surface area contributed by atoms with E-state index in [9.17, 15) is 0 Å². The van der Waals surface area contributed by atoms with Crippen LogP contribution in [0.4, 0.5) is 0 Å². The lowest BCUT2D eigenvalue weighted by atomic mass is 9.66. The second-order valence-electron chi connectivity index (χ2n) is 6.08. The largest absolute Gasteiger partial charge is 0.0839 e. The lowest BCUT2D eigenvalue weighted by molar-refractivity contribution is 0.316. The molecule has 0 N–H and O–H groups in total. The minimum absolute atomic E-state index is 0.515. The highest BCUT2D eigenvalue weighted by molar-refractivity contribution is 5.49. The van der Waals surface area contributed by atoms with E-state index in [1.54, 1.807) is 11.1 Å². The van der Waals surface area contributed by atoms with Crippen LogP contribution in [0.25, 0.3) is 0 Å². The molecular formula is C16H18. The maximum atomic E-state index is 2.62. The van der Waals surface area contributed by atoms with Crippen molar-refractivity contribution in [3.05, 3.63) is 47.6 Å². The number of allylic oxidation sites excluding steroid dienone is 8. The predicted molar refractivity (Wildman–Crippen MR) is 66.9 cm³/mol. The average Bonchev–Trinajstić information content (AvgIpc) is 2.99. The molecule has 0 heteroatoms. The van der Waals surface area contributed by atoms with Crippen LogP contribution >= 0.6 is 0 Å². The second kappa shape index (κ2) is 2.61. The Labute approximate surface area is 97.4 Å². The monoisotopic (exact) mass is 210 g/mol. The van der Waals surface area contributed by atoms with Crippen molar-refractivity contribution >= 4 is 0 Å². The van der Waals surface area contributed by atoms with Crippen LogP contribution in [0.3, 0.4) is 0 Å². The fraction of sp³-hybridized carbons (Fsp3) is 0.500. The summed E-state index contributed by atoms with van der Waals surface area (Å²) >= 11 is 0. The fourth-order valence-electron chi connectivity index (χ4n) is 4.38. The summed E-state index contributed by atoms with van der Waals surface area (Å²) in [5.74, 6) is 0.776. The highest BCUT2D eigenvalue weighted by Crippen LogP contribution is 2.77. The summed E-state index contributed by atoms with van der Waals surface area (Å²) in [6.07, 6.45) is 19.8. The van der Waals surface area contributed by atoms with Gasteiger partial charge in [0.15, 0.2) is 0 Å². The molecule has 0 aromatic heterocycles. The SMILES string of the molecule is CC1=CC23CC2(C=CC2=CC=CCC23)CC1. The van der Waals surface area contributed by atoms with Gasteiger partial charge in [0.05, 0.1) is 0 Å². The van der Waals surface area contributed by atoms with Crippen LogP contribution in [0, 0.1) is 16.7 Å². The van der Waals surface area contributed by atoms with E-state index >= 15 is 0 Å².